The van der Waals surface area contributed by atoms with Crippen molar-refractivity contribution >= 4 is 11.8 Å². The lowest BCUT2D eigenvalue weighted by Crippen LogP contribution is -2.53. The number of likely N-dealkylation sites (tertiary alicyclic amines) is 1. The van der Waals surface area contributed by atoms with Gasteiger partial charge in [-0.3, -0.25) is 9.59 Å². The van der Waals surface area contributed by atoms with E-state index in [1.807, 2.05) is 29.2 Å². The number of benzene rings is 3. The van der Waals surface area contributed by atoms with Gasteiger partial charge in [0, 0.05) is 25.2 Å². The van der Waals surface area contributed by atoms with Crippen LogP contribution in [-0.2, 0) is 22.4 Å². The van der Waals surface area contributed by atoms with E-state index in [4.69, 9.17) is 9.47 Å². The minimum absolute atomic E-state index is 0.00884. The summed E-state index contributed by atoms with van der Waals surface area (Å²) < 4.78 is 24.4. The van der Waals surface area contributed by atoms with Crippen LogP contribution in [0.25, 0.3) is 0 Å². The van der Waals surface area contributed by atoms with Crippen molar-refractivity contribution in [3.63, 3.8) is 0 Å². The molecule has 0 saturated carbocycles. The summed E-state index contributed by atoms with van der Waals surface area (Å²) in [7, 11) is 1.43. The topological polar surface area (TPSA) is 79.3 Å². The van der Waals surface area contributed by atoms with Crippen LogP contribution in [-0.4, -0.2) is 72.2 Å². The number of fused-ring (bicyclic) bond motifs is 1. The molecule has 0 aliphatic carbocycles. The lowest BCUT2D eigenvalue weighted by Gasteiger charge is -2.37. The molecule has 2 aliphatic heterocycles. The molecule has 2 saturated heterocycles. The van der Waals surface area contributed by atoms with Gasteiger partial charge in [0.25, 0.3) is 5.91 Å². The minimum atomic E-state index is -0.275. The third-order valence-corrected chi connectivity index (χ3v) is 7.10. The number of carbonyl (C=O) groups excluding carboxylic acids is 2. The van der Waals surface area contributed by atoms with E-state index < -0.39 is 0 Å². The fourth-order valence-corrected chi connectivity index (χ4v) is 5.15. The Labute approximate surface area is 215 Å². The van der Waals surface area contributed by atoms with Gasteiger partial charge < -0.3 is 24.4 Å². The lowest BCUT2D eigenvalue weighted by molar-refractivity contribution is -0.142. The zero-order valence-electron chi connectivity index (χ0n) is 20.6. The predicted octanol–water partition coefficient (Wildman–Crippen LogP) is 3.43. The van der Waals surface area contributed by atoms with E-state index in [-0.39, 0.29) is 47.7 Å². The van der Waals surface area contributed by atoms with Gasteiger partial charge in [-0.05, 0) is 53.4 Å². The van der Waals surface area contributed by atoms with Crippen molar-refractivity contribution in [1.82, 2.24) is 9.80 Å². The number of aromatic hydroxyl groups is 1. The van der Waals surface area contributed by atoms with Gasteiger partial charge in [0.1, 0.15) is 5.82 Å². The Morgan fingerprint density at radius 3 is 2.57 bits per heavy atom. The van der Waals surface area contributed by atoms with Crippen LogP contribution in [0.4, 0.5) is 4.39 Å². The fraction of sp³-hybridized carbons (Fsp3) is 0.310. The summed E-state index contributed by atoms with van der Waals surface area (Å²) in [5, 5.41) is 9.85. The van der Waals surface area contributed by atoms with Crippen LogP contribution in [0.15, 0.2) is 66.7 Å². The third-order valence-electron chi connectivity index (χ3n) is 7.10. The Bertz CT molecular complexity index is 1300. The quantitative estimate of drug-likeness (QED) is 0.557. The number of nitrogens with zero attached hydrogens (tertiary/aromatic N) is 2. The molecule has 8 heteroatoms. The molecular weight excluding hydrogens is 475 g/mol. The van der Waals surface area contributed by atoms with Crippen molar-refractivity contribution in [2.45, 2.75) is 25.0 Å². The molecule has 37 heavy (non-hydrogen) atoms. The highest BCUT2D eigenvalue weighted by atomic mass is 19.1. The molecule has 2 amide bonds. The minimum Gasteiger partial charge on any atom is -0.504 e. The number of hydrogen-bond donors (Lipinski definition) is 1. The monoisotopic (exact) mass is 504 g/mol. The molecule has 0 bridgehead atoms. The molecule has 2 fully saturated rings. The van der Waals surface area contributed by atoms with Crippen molar-refractivity contribution in [2.24, 2.45) is 0 Å². The maximum absolute atomic E-state index is 13.5. The number of carbonyl (C=O) groups is 2. The molecule has 0 radical (unpaired) electrons. The zero-order valence-corrected chi connectivity index (χ0v) is 20.6. The van der Waals surface area contributed by atoms with Crippen LogP contribution in [0.2, 0.25) is 0 Å². The first kappa shape index (κ1) is 24.8. The second-order valence-corrected chi connectivity index (χ2v) is 9.41. The van der Waals surface area contributed by atoms with Gasteiger partial charge in [0.05, 0.1) is 32.3 Å². The molecule has 3 aromatic rings. The number of halogens is 1. The fourth-order valence-electron chi connectivity index (χ4n) is 5.15. The Morgan fingerprint density at radius 1 is 1.05 bits per heavy atom. The van der Waals surface area contributed by atoms with Crippen molar-refractivity contribution in [1.29, 1.82) is 0 Å². The van der Waals surface area contributed by atoms with E-state index >= 15 is 0 Å². The van der Waals surface area contributed by atoms with Gasteiger partial charge in [-0.2, -0.15) is 0 Å². The molecule has 2 atom stereocenters. The third kappa shape index (κ3) is 5.29. The van der Waals surface area contributed by atoms with E-state index in [1.54, 1.807) is 23.1 Å². The number of amides is 2. The molecule has 0 spiro atoms. The average molecular weight is 505 g/mol. The maximum Gasteiger partial charge on any atom is 0.254 e. The summed E-state index contributed by atoms with van der Waals surface area (Å²) >= 11 is 0. The van der Waals surface area contributed by atoms with Crippen LogP contribution < -0.4 is 4.74 Å². The van der Waals surface area contributed by atoms with Crippen LogP contribution in [0.1, 0.15) is 27.0 Å². The molecule has 0 aromatic heterocycles. The van der Waals surface area contributed by atoms with Crippen LogP contribution in [0.5, 0.6) is 11.5 Å². The second kappa shape index (κ2) is 10.6. The van der Waals surface area contributed by atoms with E-state index in [0.29, 0.717) is 38.2 Å². The van der Waals surface area contributed by atoms with Gasteiger partial charge in [-0.15, -0.1) is 0 Å². The summed E-state index contributed by atoms with van der Waals surface area (Å²) in [6, 6.07) is 18.5. The summed E-state index contributed by atoms with van der Waals surface area (Å²) in [5.74, 6) is -0.287. The van der Waals surface area contributed by atoms with Gasteiger partial charge in [-0.25, -0.2) is 4.39 Å². The Hall–Kier alpha value is -3.91. The van der Waals surface area contributed by atoms with E-state index in [1.165, 1.54) is 31.4 Å². The van der Waals surface area contributed by atoms with Gasteiger partial charge in [0.2, 0.25) is 5.91 Å². The van der Waals surface area contributed by atoms with Gasteiger partial charge in [-0.1, -0.05) is 36.4 Å². The average Bonchev–Trinajstić information content (AvgIpc) is 3.35. The standard InChI is InChI=1S/C29H29FN2O5/c1-36-26-15-22(8-11-25(26)33)29(35)31-17-24-27(18-31)37-13-12-32(24)28(34)16-21-5-3-2-4-20(21)14-19-6-9-23(30)10-7-19/h2-11,15,24,27,33H,12-14,16-18H2,1H3/t24-,27+/m0/s1. The van der Waals surface area contributed by atoms with Crippen LogP contribution in [0, 0.1) is 5.82 Å². The predicted molar refractivity (Wildman–Crippen MR) is 135 cm³/mol. The molecule has 3 aromatic carbocycles. The van der Waals surface area contributed by atoms with Crippen molar-refractivity contribution in [2.75, 3.05) is 33.4 Å². The van der Waals surface area contributed by atoms with E-state index in [2.05, 4.69) is 0 Å². The van der Waals surface area contributed by atoms with E-state index in [9.17, 15) is 19.1 Å². The molecule has 1 N–H and O–H groups in total. The largest absolute Gasteiger partial charge is 0.504 e. The normalized spacial score (nSPS) is 19.0. The Kier molecular flexibility index (Phi) is 7.10. The first-order valence-electron chi connectivity index (χ1n) is 12.3. The summed E-state index contributed by atoms with van der Waals surface area (Å²) in [5.41, 5.74) is 3.34. The van der Waals surface area contributed by atoms with Crippen molar-refractivity contribution < 1.29 is 28.6 Å². The smallest absolute Gasteiger partial charge is 0.254 e. The van der Waals surface area contributed by atoms with Crippen molar-refractivity contribution in [3.8, 4) is 11.5 Å². The molecule has 192 valence electrons. The number of methoxy groups -OCH3 is 1. The summed E-state index contributed by atoms with van der Waals surface area (Å²) in [6.07, 6.45) is 0.594. The van der Waals surface area contributed by atoms with Crippen LogP contribution >= 0.6 is 0 Å². The first-order chi connectivity index (χ1) is 17.9. The zero-order chi connectivity index (χ0) is 25.9. The molecule has 2 aliphatic rings. The summed E-state index contributed by atoms with van der Waals surface area (Å²) in [4.78, 5) is 30.2. The molecular formula is C29H29FN2O5. The van der Waals surface area contributed by atoms with E-state index in [0.717, 1.165) is 16.7 Å². The number of ether oxygens (including phenoxy) is 2. The molecule has 5 rings (SSSR count). The number of hydrogen-bond acceptors (Lipinski definition) is 5. The lowest BCUT2D eigenvalue weighted by atomic mass is 9.97. The Morgan fingerprint density at radius 2 is 1.81 bits per heavy atom. The molecule has 7 nitrogen and oxygen atoms in total. The molecule has 0 unspecified atom stereocenters. The van der Waals surface area contributed by atoms with Crippen LogP contribution in [0.3, 0.4) is 0 Å². The second-order valence-electron chi connectivity index (χ2n) is 9.41. The number of phenols is 1. The highest BCUT2D eigenvalue weighted by molar-refractivity contribution is 5.95. The SMILES string of the molecule is COc1cc(C(=O)N2C[C@H]3OCCN(C(=O)Cc4ccccc4Cc4ccc(F)cc4)[C@H]3C2)ccc1O. The Balaban J connectivity index is 1.29. The highest BCUT2D eigenvalue weighted by Crippen LogP contribution is 2.29. The molecule has 2 heterocycles. The number of morpholine rings is 1. The van der Waals surface area contributed by atoms with Gasteiger partial charge >= 0.3 is 0 Å². The number of rotatable bonds is 6. The number of phenolic OH excluding ortho intramolecular Hbond substituents is 1. The first-order valence-corrected chi connectivity index (χ1v) is 12.3. The summed E-state index contributed by atoms with van der Waals surface area (Å²) in [6.45, 7) is 1.64. The highest BCUT2D eigenvalue weighted by Gasteiger charge is 2.43. The maximum atomic E-state index is 13.5. The van der Waals surface area contributed by atoms with Gasteiger partial charge in [0.15, 0.2) is 11.5 Å². The van der Waals surface area contributed by atoms with Crippen molar-refractivity contribution in [3.05, 3.63) is 94.8 Å².